The molecule has 1 atom stereocenters. The third-order valence-corrected chi connectivity index (χ3v) is 2.37. The quantitative estimate of drug-likeness (QED) is 0.387. The lowest BCUT2D eigenvalue weighted by atomic mass is 10.1. The average molecular weight is 314 g/mol. The number of halogens is 3. The second-order valence-electron chi connectivity index (χ2n) is 4.17. The maximum absolute atomic E-state index is 11.8. The second-order valence-corrected chi connectivity index (χ2v) is 4.17. The van der Waals surface area contributed by atoms with Crippen LogP contribution in [0.3, 0.4) is 0 Å². The van der Waals surface area contributed by atoms with Crippen molar-refractivity contribution in [3.63, 3.8) is 0 Å². The normalized spacial score (nSPS) is 12.4. The van der Waals surface area contributed by atoms with Crippen LogP contribution >= 0.6 is 0 Å². The van der Waals surface area contributed by atoms with Gasteiger partial charge in [-0.05, 0) is 6.42 Å². The molecule has 0 bridgehead atoms. The number of ether oxygens (including phenoxy) is 3. The summed E-state index contributed by atoms with van der Waals surface area (Å²) < 4.78 is 48.5. The molecule has 0 aromatic rings. The van der Waals surface area contributed by atoms with Gasteiger partial charge in [0.15, 0.2) is 0 Å². The van der Waals surface area contributed by atoms with E-state index >= 15 is 0 Å². The number of esters is 3. The molecule has 9 heteroatoms. The summed E-state index contributed by atoms with van der Waals surface area (Å²) in [5.41, 5.74) is 0. The van der Waals surface area contributed by atoms with E-state index in [1.54, 1.807) is 13.8 Å². The highest BCUT2D eigenvalue weighted by atomic mass is 19.4. The van der Waals surface area contributed by atoms with Gasteiger partial charge in [-0.1, -0.05) is 13.8 Å². The number of alkyl halides is 3. The molecule has 0 aliphatic heterocycles. The predicted octanol–water partition coefficient (Wildman–Crippen LogP) is 1.96. The molecule has 0 saturated carbocycles. The third kappa shape index (κ3) is 10.6. The molecule has 0 N–H and O–H groups in total. The molecule has 0 aliphatic rings. The molecule has 0 aliphatic carbocycles. The summed E-state index contributed by atoms with van der Waals surface area (Å²) in [5, 5.41) is 0. The number of hydrogen-bond acceptors (Lipinski definition) is 6. The Kier molecular flexibility index (Phi) is 8.41. The van der Waals surface area contributed by atoms with Crippen LogP contribution in [0.4, 0.5) is 13.2 Å². The van der Waals surface area contributed by atoms with Gasteiger partial charge in [-0.15, -0.1) is 0 Å². The Balaban J connectivity index is 3.79. The van der Waals surface area contributed by atoms with Gasteiger partial charge in [0.2, 0.25) is 6.79 Å². The molecular weight excluding hydrogens is 297 g/mol. The van der Waals surface area contributed by atoms with Gasteiger partial charge >= 0.3 is 24.1 Å². The molecular formula is C12H17F3O6. The van der Waals surface area contributed by atoms with Gasteiger partial charge in [0.05, 0.1) is 18.9 Å². The fourth-order valence-electron chi connectivity index (χ4n) is 0.963. The molecule has 21 heavy (non-hydrogen) atoms. The summed E-state index contributed by atoms with van der Waals surface area (Å²) in [6.45, 7) is 1.88. The molecule has 0 aromatic heterocycles. The molecule has 0 amide bonds. The van der Waals surface area contributed by atoms with E-state index in [1.165, 1.54) is 0 Å². The van der Waals surface area contributed by atoms with Gasteiger partial charge in [0.25, 0.3) is 0 Å². The van der Waals surface area contributed by atoms with Gasteiger partial charge in [-0.3, -0.25) is 14.4 Å². The summed E-state index contributed by atoms with van der Waals surface area (Å²) in [6, 6.07) is 0. The van der Waals surface area contributed by atoms with Crippen LogP contribution in [-0.2, 0) is 28.6 Å². The maximum Gasteiger partial charge on any atom is 0.392 e. The largest absolute Gasteiger partial charge is 0.465 e. The van der Waals surface area contributed by atoms with Gasteiger partial charge in [0.1, 0.15) is 6.42 Å². The molecule has 0 fully saturated rings. The zero-order chi connectivity index (χ0) is 16.5. The molecule has 0 spiro atoms. The van der Waals surface area contributed by atoms with Crippen molar-refractivity contribution in [1.29, 1.82) is 0 Å². The second kappa shape index (κ2) is 9.19. The van der Waals surface area contributed by atoms with Gasteiger partial charge in [0, 0.05) is 0 Å². The van der Waals surface area contributed by atoms with Crippen LogP contribution in [0.2, 0.25) is 0 Å². The van der Waals surface area contributed by atoms with Gasteiger partial charge in [-0.2, -0.15) is 13.2 Å². The molecule has 6 nitrogen and oxygen atoms in total. The third-order valence-electron chi connectivity index (χ3n) is 2.37. The lowest BCUT2D eigenvalue weighted by Crippen LogP contribution is -2.20. The number of carbonyl (C=O) groups is 3. The summed E-state index contributed by atoms with van der Waals surface area (Å²) >= 11 is 0. The molecule has 0 aromatic carbocycles. The lowest BCUT2D eigenvalue weighted by Gasteiger charge is -2.10. The van der Waals surface area contributed by atoms with E-state index in [9.17, 15) is 27.6 Å². The van der Waals surface area contributed by atoms with Crippen LogP contribution in [0, 0.1) is 5.92 Å². The summed E-state index contributed by atoms with van der Waals surface area (Å²) in [4.78, 5) is 33.3. The highest BCUT2D eigenvalue weighted by Gasteiger charge is 2.27. The SMILES string of the molecule is CCC(C)C(=O)OCOC(=O)CC(=O)OCCC(F)(F)F. The summed E-state index contributed by atoms with van der Waals surface area (Å²) in [7, 11) is 0. The van der Waals surface area contributed by atoms with E-state index in [1.807, 2.05) is 0 Å². The topological polar surface area (TPSA) is 78.9 Å². The first kappa shape index (κ1) is 19.2. The fourth-order valence-corrected chi connectivity index (χ4v) is 0.963. The first-order valence-corrected chi connectivity index (χ1v) is 6.20. The Labute approximate surface area is 119 Å². The Morgan fingerprint density at radius 3 is 2.14 bits per heavy atom. The van der Waals surface area contributed by atoms with Crippen molar-refractivity contribution in [1.82, 2.24) is 0 Å². The zero-order valence-electron chi connectivity index (χ0n) is 11.7. The first-order valence-electron chi connectivity index (χ1n) is 6.20. The van der Waals surface area contributed by atoms with Crippen LogP contribution in [0.1, 0.15) is 33.1 Å². The van der Waals surface area contributed by atoms with Crippen molar-refractivity contribution >= 4 is 17.9 Å². The minimum absolute atomic E-state index is 0.351. The van der Waals surface area contributed by atoms with Gasteiger partial charge in [-0.25, -0.2) is 0 Å². The Morgan fingerprint density at radius 1 is 1.05 bits per heavy atom. The average Bonchev–Trinajstić information content (AvgIpc) is 2.35. The van der Waals surface area contributed by atoms with E-state index in [0.717, 1.165) is 0 Å². The Morgan fingerprint density at radius 2 is 1.62 bits per heavy atom. The van der Waals surface area contributed by atoms with E-state index in [0.29, 0.717) is 6.42 Å². The molecule has 0 radical (unpaired) electrons. The van der Waals surface area contributed by atoms with Crippen molar-refractivity contribution in [2.75, 3.05) is 13.4 Å². The highest BCUT2D eigenvalue weighted by Crippen LogP contribution is 2.19. The van der Waals surface area contributed by atoms with Crippen LogP contribution in [-0.4, -0.2) is 37.5 Å². The van der Waals surface area contributed by atoms with Crippen molar-refractivity contribution in [3.05, 3.63) is 0 Å². The summed E-state index contributed by atoms with van der Waals surface area (Å²) in [6.07, 6.45) is -6.03. The van der Waals surface area contributed by atoms with Crippen LogP contribution < -0.4 is 0 Å². The monoisotopic (exact) mass is 314 g/mol. The van der Waals surface area contributed by atoms with Crippen LogP contribution in [0.5, 0.6) is 0 Å². The molecule has 0 rings (SSSR count). The number of hydrogen-bond donors (Lipinski definition) is 0. The minimum atomic E-state index is -4.44. The standard InChI is InChI=1S/C12H17F3O6/c1-3-8(2)11(18)21-7-20-10(17)6-9(16)19-5-4-12(13,14)15/h8H,3-7H2,1-2H3. The van der Waals surface area contributed by atoms with Crippen molar-refractivity contribution in [2.45, 2.75) is 39.3 Å². The zero-order valence-corrected chi connectivity index (χ0v) is 11.7. The van der Waals surface area contributed by atoms with E-state index in [4.69, 9.17) is 0 Å². The molecule has 0 saturated heterocycles. The van der Waals surface area contributed by atoms with Crippen molar-refractivity contribution in [3.8, 4) is 0 Å². The Bertz CT molecular complexity index is 366. The molecule has 0 heterocycles. The van der Waals surface area contributed by atoms with E-state index < -0.39 is 50.3 Å². The van der Waals surface area contributed by atoms with E-state index in [-0.39, 0.29) is 5.92 Å². The fraction of sp³-hybridized carbons (Fsp3) is 0.750. The highest BCUT2D eigenvalue weighted by molar-refractivity contribution is 5.91. The summed E-state index contributed by atoms with van der Waals surface area (Å²) in [5.74, 6) is -3.10. The van der Waals surface area contributed by atoms with Crippen molar-refractivity contribution in [2.24, 2.45) is 5.92 Å². The first-order chi connectivity index (χ1) is 9.65. The minimum Gasteiger partial charge on any atom is -0.465 e. The Hall–Kier alpha value is -1.80. The van der Waals surface area contributed by atoms with Crippen LogP contribution in [0.15, 0.2) is 0 Å². The smallest absolute Gasteiger partial charge is 0.392 e. The maximum atomic E-state index is 11.8. The molecule has 1 unspecified atom stereocenters. The van der Waals surface area contributed by atoms with Gasteiger partial charge < -0.3 is 14.2 Å². The lowest BCUT2D eigenvalue weighted by molar-refractivity contribution is -0.172. The van der Waals surface area contributed by atoms with Crippen molar-refractivity contribution < 1.29 is 41.8 Å². The van der Waals surface area contributed by atoms with Crippen LogP contribution in [0.25, 0.3) is 0 Å². The van der Waals surface area contributed by atoms with E-state index in [2.05, 4.69) is 14.2 Å². The number of rotatable bonds is 8. The number of carbonyl (C=O) groups excluding carboxylic acids is 3. The predicted molar refractivity (Wildman–Crippen MR) is 62.8 cm³/mol. The molecule has 122 valence electrons.